The molecule has 2 saturated heterocycles. The second-order valence-electron chi connectivity index (χ2n) is 5.63. The fraction of sp³-hybridized carbons (Fsp3) is 0.615. The molecule has 1 unspecified atom stereocenters. The second kappa shape index (κ2) is 6.29. The van der Waals surface area contributed by atoms with Crippen LogP contribution in [0.15, 0.2) is 17.2 Å². The van der Waals surface area contributed by atoms with Gasteiger partial charge in [0, 0.05) is 51.5 Å². The number of aromatic nitrogens is 1. The summed E-state index contributed by atoms with van der Waals surface area (Å²) in [6.45, 7) is 4.82. The van der Waals surface area contributed by atoms with Gasteiger partial charge in [0.15, 0.2) is 0 Å². The number of hydrogen-bond donors (Lipinski definition) is 2. The van der Waals surface area contributed by atoms with Crippen LogP contribution in [0.5, 0.6) is 0 Å². The van der Waals surface area contributed by atoms with E-state index in [9.17, 15) is 8.42 Å². The highest BCUT2D eigenvalue weighted by molar-refractivity contribution is 7.89. The summed E-state index contributed by atoms with van der Waals surface area (Å²) < 4.78 is 27.0. The van der Waals surface area contributed by atoms with Crippen molar-refractivity contribution in [3.8, 4) is 0 Å². The van der Waals surface area contributed by atoms with Gasteiger partial charge in [-0.2, -0.15) is 4.31 Å². The third kappa shape index (κ3) is 3.07. The quantitative estimate of drug-likeness (QED) is 0.800. The minimum atomic E-state index is -3.64. The van der Waals surface area contributed by atoms with Crippen molar-refractivity contribution in [2.75, 3.05) is 45.0 Å². The van der Waals surface area contributed by atoms with Crippen LogP contribution in [0, 0.1) is 0 Å². The van der Waals surface area contributed by atoms with Crippen LogP contribution < -0.4 is 11.1 Å². The van der Waals surface area contributed by atoms with E-state index in [4.69, 9.17) is 17.3 Å². The van der Waals surface area contributed by atoms with Crippen LogP contribution in [0.25, 0.3) is 0 Å². The zero-order chi connectivity index (χ0) is 15.7. The first kappa shape index (κ1) is 15.9. The predicted octanol–water partition coefficient (Wildman–Crippen LogP) is -0.0146. The fourth-order valence-corrected chi connectivity index (χ4v) is 4.86. The summed E-state index contributed by atoms with van der Waals surface area (Å²) in [7, 11) is -3.64. The number of rotatable bonds is 3. The molecule has 9 heteroatoms. The number of nitrogens with one attached hydrogen (secondary N) is 1. The van der Waals surface area contributed by atoms with Gasteiger partial charge in [-0.1, -0.05) is 11.6 Å². The van der Waals surface area contributed by atoms with E-state index in [2.05, 4.69) is 15.2 Å². The summed E-state index contributed by atoms with van der Waals surface area (Å²) in [5.74, 6) is -0.00461. The van der Waals surface area contributed by atoms with Gasteiger partial charge in [0.05, 0.1) is 5.02 Å². The topological polar surface area (TPSA) is 91.6 Å². The summed E-state index contributed by atoms with van der Waals surface area (Å²) in [4.78, 5) is 6.20. The number of anilines is 1. The van der Waals surface area contributed by atoms with Crippen molar-refractivity contribution in [2.45, 2.75) is 17.4 Å². The Balaban J connectivity index is 1.77. The summed E-state index contributed by atoms with van der Waals surface area (Å²) >= 11 is 5.86. The zero-order valence-corrected chi connectivity index (χ0v) is 13.8. The molecule has 0 bridgehead atoms. The first-order chi connectivity index (χ1) is 10.5. The Morgan fingerprint density at radius 1 is 1.32 bits per heavy atom. The SMILES string of the molecule is Nc1ncc(Cl)cc1S(=O)(=O)N1CCC(N2CCNCC2)C1. The number of nitrogens with zero attached hydrogens (tertiary/aromatic N) is 3. The molecule has 0 spiro atoms. The Hall–Kier alpha value is -0.930. The van der Waals surface area contributed by atoms with Crippen molar-refractivity contribution in [1.82, 2.24) is 19.5 Å². The second-order valence-corrected chi connectivity index (χ2v) is 7.97. The lowest BCUT2D eigenvalue weighted by Crippen LogP contribution is -2.49. The van der Waals surface area contributed by atoms with Gasteiger partial charge in [-0.05, 0) is 12.5 Å². The molecule has 22 heavy (non-hydrogen) atoms. The molecular weight excluding hydrogens is 326 g/mol. The average molecular weight is 346 g/mol. The highest BCUT2D eigenvalue weighted by Gasteiger charge is 2.36. The molecule has 2 aliphatic rings. The van der Waals surface area contributed by atoms with E-state index in [-0.39, 0.29) is 21.8 Å². The molecule has 1 aromatic rings. The van der Waals surface area contributed by atoms with Gasteiger partial charge in [-0.25, -0.2) is 13.4 Å². The smallest absolute Gasteiger partial charge is 0.246 e. The van der Waals surface area contributed by atoms with Gasteiger partial charge in [0.1, 0.15) is 10.7 Å². The third-order valence-electron chi connectivity index (χ3n) is 4.26. The number of halogens is 1. The molecule has 0 saturated carbocycles. The van der Waals surface area contributed by atoms with Crippen LogP contribution in [0.2, 0.25) is 5.02 Å². The lowest BCUT2D eigenvalue weighted by atomic mass is 10.2. The average Bonchev–Trinajstić information content (AvgIpc) is 3.01. The summed E-state index contributed by atoms with van der Waals surface area (Å²) in [5, 5.41) is 3.58. The minimum absolute atomic E-state index is 0.000890. The predicted molar refractivity (Wildman–Crippen MR) is 85.3 cm³/mol. The number of sulfonamides is 1. The van der Waals surface area contributed by atoms with Crippen molar-refractivity contribution in [3.63, 3.8) is 0 Å². The Kier molecular flexibility index (Phi) is 4.56. The lowest BCUT2D eigenvalue weighted by Gasteiger charge is -2.32. The van der Waals surface area contributed by atoms with Crippen molar-refractivity contribution < 1.29 is 8.42 Å². The molecule has 2 fully saturated rings. The Morgan fingerprint density at radius 3 is 2.77 bits per heavy atom. The highest BCUT2D eigenvalue weighted by Crippen LogP contribution is 2.27. The van der Waals surface area contributed by atoms with Gasteiger partial charge < -0.3 is 11.1 Å². The maximum Gasteiger partial charge on any atom is 0.246 e. The Labute approximate surface area is 135 Å². The molecule has 1 atom stereocenters. The molecule has 3 N–H and O–H groups in total. The van der Waals surface area contributed by atoms with Crippen molar-refractivity contribution >= 4 is 27.4 Å². The van der Waals surface area contributed by atoms with E-state index < -0.39 is 10.0 Å². The maximum absolute atomic E-state index is 12.8. The van der Waals surface area contributed by atoms with E-state index in [1.54, 1.807) is 0 Å². The molecule has 0 amide bonds. The van der Waals surface area contributed by atoms with Crippen molar-refractivity contribution in [2.24, 2.45) is 0 Å². The molecular formula is C13H20ClN5O2S. The van der Waals surface area contributed by atoms with Crippen LogP contribution in [0.3, 0.4) is 0 Å². The zero-order valence-electron chi connectivity index (χ0n) is 12.2. The molecule has 0 radical (unpaired) electrons. The largest absolute Gasteiger partial charge is 0.383 e. The summed E-state index contributed by atoms with van der Waals surface area (Å²) in [6, 6.07) is 1.64. The third-order valence-corrected chi connectivity index (χ3v) is 6.36. The molecule has 1 aromatic heterocycles. The van der Waals surface area contributed by atoms with E-state index >= 15 is 0 Å². The molecule has 7 nitrogen and oxygen atoms in total. The van der Waals surface area contributed by atoms with Crippen molar-refractivity contribution in [1.29, 1.82) is 0 Å². The van der Waals surface area contributed by atoms with Gasteiger partial charge >= 0.3 is 0 Å². The van der Waals surface area contributed by atoms with Gasteiger partial charge in [-0.15, -0.1) is 0 Å². The van der Waals surface area contributed by atoms with Gasteiger partial charge in [0.2, 0.25) is 10.0 Å². The highest BCUT2D eigenvalue weighted by atomic mass is 35.5. The monoisotopic (exact) mass is 345 g/mol. The maximum atomic E-state index is 12.8. The molecule has 0 aromatic carbocycles. The standard InChI is InChI=1S/C13H20ClN5O2S/c14-10-7-12(13(15)17-8-10)22(20,21)19-4-1-11(9-19)18-5-2-16-3-6-18/h7-8,11,16H,1-6,9H2,(H2,15,17). The summed E-state index contributed by atoms with van der Waals surface area (Å²) in [5.41, 5.74) is 5.73. The Bertz CT molecular complexity index is 648. The number of nitrogens with two attached hydrogens (primary N) is 1. The molecule has 3 rings (SSSR count). The first-order valence-corrected chi connectivity index (χ1v) is 9.16. The molecule has 2 aliphatic heterocycles. The molecule has 3 heterocycles. The van der Waals surface area contributed by atoms with E-state index in [1.165, 1.54) is 16.6 Å². The van der Waals surface area contributed by atoms with Crippen LogP contribution >= 0.6 is 11.6 Å². The van der Waals surface area contributed by atoms with E-state index in [1.807, 2.05) is 0 Å². The number of hydrogen-bond acceptors (Lipinski definition) is 6. The first-order valence-electron chi connectivity index (χ1n) is 7.34. The molecule has 0 aliphatic carbocycles. The minimum Gasteiger partial charge on any atom is -0.383 e. The number of piperazine rings is 1. The van der Waals surface area contributed by atoms with Crippen LogP contribution in [-0.2, 0) is 10.0 Å². The van der Waals surface area contributed by atoms with Crippen molar-refractivity contribution in [3.05, 3.63) is 17.3 Å². The van der Waals surface area contributed by atoms with Gasteiger partial charge in [0.25, 0.3) is 0 Å². The number of nitrogen functional groups attached to an aromatic ring is 1. The van der Waals surface area contributed by atoms with Crippen LogP contribution in [0.4, 0.5) is 5.82 Å². The van der Waals surface area contributed by atoms with E-state index in [0.29, 0.717) is 13.1 Å². The summed E-state index contributed by atoms with van der Waals surface area (Å²) in [6.07, 6.45) is 2.19. The Morgan fingerprint density at radius 2 is 2.05 bits per heavy atom. The van der Waals surface area contributed by atoms with Crippen LogP contribution in [-0.4, -0.2) is 67.9 Å². The normalized spacial score (nSPS) is 24.7. The lowest BCUT2D eigenvalue weighted by molar-refractivity contribution is 0.179. The van der Waals surface area contributed by atoms with Crippen LogP contribution in [0.1, 0.15) is 6.42 Å². The fourth-order valence-electron chi connectivity index (χ4n) is 3.05. The molecule has 122 valence electrons. The van der Waals surface area contributed by atoms with Gasteiger partial charge in [-0.3, -0.25) is 4.90 Å². The van der Waals surface area contributed by atoms with E-state index in [0.717, 1.165) is 32.6 Å². The number of pyridine rings is 1.